The zero-order chi connectivity index (χ0) is 8.10. The van der Waals surface area contributed by atoms with Crippen LogP contribution in [0.25, 0.3) is 0 Å². The van der Waals surface area contributed by atoms with E-state index < -0.39 is 0 Å². The Morgan fingerprint density at radius 3 is 2.91 bits per heavy atom. The Kier molecular flexibility index (Phi) is 2.78. The van der Waals surface area contributed by atoms with Gasteiger partial charge in [-0.15, -0.1) is 0 Å². The predicted molar refractivity (Wildman–Crippen MR) is 45.7 cm³/mol. The normalized spacial score (nSPS) is 10.0. The molecular weight excluding hydrogens is 136 g/mol. The van der Waals surface area contributed by atoms with Crippen LogP contribution in [0.3, 0.4) is 0 Å². The molecule has 0 amide bonds. The quantitative estimate of drug-likeness (QED) is 0.653. The SMILES string of the molecule is CC[C](C=N)c1ccccn1. The smallest absolute Gasteiger partial charge is 0.0629 e. The van der Waals surface area contributed by atoms with Crippen LogP contribution in [0, 0.1) is 11.3 Å². The van der Waals surface area contributed by atoms with Crippen molar-refractivity contribution in [2.45, 2.75) is 13.3 Å². The fraction of sp³-hybridized carbons (Fsp3) is 0.222. The van der Waals surface area contributed by atoms with Gasteiger partial charge in [-0.1, -0.05) is 13.0 Å². The van der Waals surface area contributed by atoms with Crippen LogP contribution in [0.1, 0.15) is 19.0 Å². The van der Waals surface area contributed by atoms with E-state index in [0.717, 1.165) is 18.0 Å². The lowest BCUT2D eigenvalue weighted by atomic mass is 10.0. The highest BCUT2D eigenvalue weighted by Gasteiger charge is 2.05. The number of hydrogen-bond acceptors (Lipinski definition) is 2. The van der Waals surface area contributed by atoms with E-state index in [-0.39, 0.29) is 0 Å². The number of nitrogens with one attached hydrogen (secondary N) is 1. The molecule has 0 saturated heterocycles. The molecule has 1 rings (SSSR count). The molecule has 0 spiro atoms. The molecule has 1 N–H and O–H groups in total. The highest BCUT2D eigenvalue weighted by molar-refractivity contribution is 5.76. The van der Waals surface area contributed by atoms with Crippen molar-refractivity contribution in [2.75, 3.05) is 0 Å². The molecule has 57 valence electrons. The van der Waals surface area contributed by atoms with Gasteiger partial charge in [0.15, 0.2) is 0 Å². The monoisotopic (exact) mass is 147 g/mol. The zero-order valence-corrected chi connectivity index (χ0v) is 6.54. The maximum atomic E-state index is 7.10. The van der Waals surface area contributed by atoms with Crippen molar-refractivity contribution in [3.8, 4) is 0 Å². The molecule has 0 aromatic carbocycles. The lowest BCUT2D eigenvalue weighted by Crippen LogP contribution is -2.00. The lowest BCUT2D eigenvalue weighted by Gasteiger charge is -2.04. The first kappa shape index (κ1) is 7.92. The topological polar surface area (TPSA) is 36.7 Å². The summed E-state index contributed by atoms with van der Waals surface area (Å²) in [5, 5.41) is 7.10. The molecule has 0 aliphatic rings. The molecule has 0 bridgehead atoms. The van der Waals surface area contributed by atoms with Crippen molar-refractivity contribution in [1.82, 2.24) is 4.98 Å². The van der Waals surface area contributed by atoms with Crippen molar-refractivity contribution in [3.05, 3.63) is 36.0 Å². The first-order valence-electron chi connectivity index (χ1n) is 3.66. The van der Waals surface area contributed by atoms with Crippen LogP contribution < -0.4 is 0 Å². The molecular formula is C9H11N2. The molecule has 1 radical (unpaired) electrons. The van der Waals surface area contributed by atoms with Crippen molar-refractivity contribution < 1.29 is 0 Å². The van der Waals surface area contributed by atoms with Crippen molar-refractivity contribution >= 4 is 6.21 Å². The van der Waals surface area contributed by atoms with Gasteiger partial charge in [0.1, 0.15) is 0 Å². The molecule has 1 aromatic heterocycles. The van der Waals surface area contributed by atoms with Gasteiger partial charge in [-0.05, 0) is 18.6 Å². The third-order valence-corrected chi connectivity index (χ3v) is 1.55. The zero-order valence-electron chi connectivity index (χ0n) is 6.54. The Morgan fingerprint density at radius 1 is 1.64 bits per heavy atom. The largest absolute Gasteiger partial charge is 0.312 e. The molecule has 1 aromatic rings. The van der Waals surface area contributed by atoms with E-state index in [2.05, 4.69) is 4.98 Å². The van der Waals surface area contributed by atoms with E-state index in [0.29, 0.717) is 0 Å². The van der Waals surface area contributed by atoms with Gasteiger partial charge in [-0.2, -0.15) is 0 Å². The maximum absolute atomic E-state index is 7.10. The first-order valence-corrected chi connectivity index (χ1v) is 3.66. The van der Waals surface area contributed by atoms with Crippen LogP contribution in [-0.2, 0) is 0 Å². The third-order valence-electron chi connectivity index (χ3n) is 1.55. The average molecular weight is 147 g/mol. The molecule has 0 aliphatic heterocycles. The average Bonchev–Trinajstić information content (AvgIpc) is 2.09. The van der Waals surface area contributed by atoms with Gasteiger partial charge < -0.3 is 5.41 Å². The first-order chi connectivity index (χ1) is 5.38. The van der Waals surface area contributed by atoms with Gasteiger partial charge in [0.25, 0.3) is 0 Å². The highest BCUT2D eigenvalue weighted by Crippen LogP contribution is 2.11. The second kappa shape index (κ2) is 3.86. The number of nitrogens with zero attached hydrogens (tertiary/aromatic N) is 1. The Bertz CT molecular complexity index is 218. The van der Waals surface area contributed by atoms with Crippen LogP contribution in [0.15, 0.2) is 24.4 Å². The second-order valence-electron chi connectivity index (χ2n) is 2.24. The van der Waals surface area contributed by atoms with E-state index >= 15 is 0 Å². The summed E-state index contributed by atoms with van der Waals surface area (Å²) in [6, 6.07) is 5.73. The molecule has 0 fully saturated rings. The molecule has 2 nitrogen and oxygen atoms in total. The Hall–Kier alpha value is -1.18. The van der Waals surface area contributed by atoms with Crippen LogP contribution >= 0.6 is 0 Å². The summed E-state index contributed by atoms with van der Waals surface area (Å²) in [4.78, 5) is 4.13. The minimum absolute atomic E-state index is 0.862. The summed E-state index contributed by atoms with van der Waals surface area (Å²) in [6.07, 6.45) is 3.97. The van der Waals surface area contributed by atoms with E-state index in [4.69, 9.17) is 5.41 Å². The Balaban J connectivity index is 2.82. The molecule has 1 heterocycles. The third kappa shape index (κ3) is 1.87. The van der Waals surface area contributed by atoms with Crippen LogP contribution in [-0.4, -0.2) is 11.2 Å². The van der Waals surface area contributed by atoms with E-state index in [1.54, 1.807) is 6.20 Å². The van der Waals surface area contributed by atoms with Gasteiger partial charge >= 0.3 is 0 Å². The number of hydrogen-bond donors (Lipinski definition) is 1. The van der Waals surface area contributed by atoms with Gasteiger partial charge in [-0.3, -0.25) is 4.98 Å². The minimum atomic E-state index is 0.862. The lowest BCUT2D eigenvalue weighted by molar-refractivity contribution is 1.01. The van der Waals surface area contributed by atoms with Crippen LogP contribution in [0.2, 0.25) is 0 Å². The number of aromatic nitrogens is 1. The second-order valence-corrected chi connectivity index (χ2v) is 2.24. The summed E-state index contributed by atoms with van der Waals surface area (Å²) < 4.78 is 0. The molecule has 0 unspecified atom stereocenters. The summed E-state index contributed by atoms with van der Waals surface area (Å²) in [6.45, 7) is 2.02. The number of pyridine rings is 1. The van der Waals surface area contributed by atoms with E-state index in [1.165, 1.54) is 6.21 Å². The summed E-state index contributed by atoms with van der Waals surface area (Å²) in [5.41, 5.74) is 0.907. The van der Waals surface area contributed by atoms with Gasteiger partial charge in [0.05, 0.1) is 11.6 Å². The van der Waals surface area contributed by atoms with Crippen LogP contribution in [0.4, 0.5) is 0 Å². The fourth-order valence-electron chi connectivity index (χ4n) is 0.910. The highest BCUT2D eigenvalue weighted by atomic mass is 14.7. The standard InChI is InChI=1S/C9H11N2/c1-2-8(7-10)9-5-3-4-6-11-9/h3-7,10H,2H2,1H3. The molecule has 2 heteroatoms. The van der Waals surface area contributed by atoms with Crippen molar-refractivity contribution in [2.24, 2.45) is 0 Å². The van der Waals surface area contributed by atoms with Gasteiger partial charge in [0.2, 0.25) is 0 Å². The molecule has 0 aliphatic carbocycles. The summed E-state index contributed by atoms with van der Waals surface area (Å²) in [5.74, 6) is 0.977. The number of rotatable bonds is 3. The predicted octanol–water partition coefficient (Wildman–Crippen LogP) is 2.06. The van der Waals surface area contributed by atoms with Gasteiger partial charge in [0, 0.05) is 12.4 Å². The Labute approximate surface area is 66.8 Å². The maximum Gasteiger partial charge on any atom is 0.0629 e. The van der Waals surface area contributed by atoms with Crippen molar-refractivity contribution in [1.29, 1.82) is 5.41 Å². The van der Waals surface area contributed by atoms with E-state index in [1.807, 2.05) is 25.1 Å². The fourth-order valence-corrected chi connectivity index (χ4v) is 0.910. The Morgan fingerprint density at radius 2 is 2.45 bits per heavy atom. The summed E-state index contributed by atoms with van der Waals surface area (Å²) in [7, 11) is 0. The minimum Gasteiger partial charge on any atom is -0.312 e. The van der Waals surface area contributed by atoms with E-state index in [9.17, 15) is 0 Å². The molecule has 0 saturated carbocycles. The molecule has 11 heavy (non-hydrogen) atoms. The van der Waals surface area contributed by atoms with Crippen molar-refractivity contribution in [3.63, 3.8) is 0 Å². The van der Waals surface area contributed by atoms with Gasteiger partial charge in [-0.25, -0.2) is 0 Å². The van der Waals surface area contributed by atoms with Crippen LogP contribution in [0.5, 0.6) is 0 Å². The molecule has 0 atom stereocenters. The summed E-state index contributed by atoms with van der Waals surface area (Å²) >= 11 is 0.